The summed E-state index contributed by atoms with van der Waals surface area (Å²) in [5, 5.41) is 3.51. The summed E-state index contributed by atoms with van der Waals surface area (Å²) in [6.45, 7) is 7.71. The van der Waals surface area contributed by atoms with E-state index in [4.69, 9.17) is 5.73 Å². The predicted octanol–water partition coefficient (Wildman–Crippen LogP) is 2.06. The van der Waals surface area contributed by atoms with Crippen molar-refractivity contribution in [3.8, 4) is 0 Å². The lowest BCUT2D eigenvalue weighted by molar-refractivity contribution is -0.129. The van der Waals surface area contributed by atoms with Gasteiger partial charge in [-0.15, -0.1) is 0 Å². The van der Waals surface area contributed by atoms with Crippen molar-refractivity contribution >= 4 is 5.91 Å². The predicted molar refractivity (Wildman–Crippen MR) is 69.4 cm³/mol. The summed E-state index contributed by atoms with van der Waals surface area (Å²) in [7, 11) is 0. The Hall–Kier alpha value is -0.570. The molecule has 2 fully saturated rings. The van der Waals surface area contributed by atoms with Crippen molar-refractivity contribution in [3.63, 3.8) is 0 Å². The summed E-state index contributed by atoms with van der Waals surface area (Å²) >= 11 is 0. The maximum atomic E-state index is 11.9. The number of nitrogens with two attached hydrogens (primary N) is 1. The van der Waals surface area contributed by atoms with E-state index in [9.17, 15) is 4.79 Å². The largest absolute Gasteiger partial charge is 0.368 e. The quantitative estimate of drug-likeness (QED) is 0.787. The van der Waals surface area contributed by atoms with Crippen LogP contribution in [0.15, 0.2) is 0 Å². The third-order valence-electron chi connectivity index (χ3n) is 4.74. The number of hydrogen-bond acceptors (Lipinski definition) is 2. The average Bonchev–Trinajstić information content (AvgIpc) is 2.99. The molecule has 1 amide bonds. The molecule has 2 saturated carbocycles. The van der Waals surface area contributed by atoms with Gasteiger partial charge in [0, 0.05) is 0 Å². The second-order valence-corrected chi connectivity index (χ2v) is 6.93. The molecule has 17 heavy (non-hydrogen) atoms. The first kappa shape index (κ1) is 12.9. The lowest BCUT2D eigenvalue weighted by atomic mass is 9.63. The molecule has 0 bridgehead atoms. The molecule has 3 heteroatoms. The van der Waals surface area contributed by atoms with Gasteiger partial charge in [-0.1, -0.05) is 20.8 Å². The fraction of sp³-hybridized carbons (Fsp3) is 0.929. The Labute approximate surface area is 105 Å². The monoisotopic (exact) mass is 238 g/mol. The van der Waals surface area contributed by atoms with E-state index in [1.165, 1.54) is 12.8 Å². The number of hydrogen-bond donors (Lipinski definition) is 2. The van der Waals surface area contributed by atoms with Crippen molar-refractivity contribution in [1.82, 2.24) is 5.32 Å². The van der Waals surface area contributed by atoms with Gasteiger partial charge in [0.2, 0.25) is 5.91 Å². The average molecular weight is 238 g/mol. The topological polar surface area (TPSA) is 55.1 Å². The Balaban J connectivity index is 2.07. The molecule has 0 saturated heterocycles. The lowest BCUT2D eigenvalue weighted by Crippen LogP contribution is -2.62. The van der Waals surface area contributed by atoms with Crippen LogP contribution in [0.25, 0.3) is 0 Å². The summed E-state index contributed by atoms with van der Waals surface area (Å²) in [5.41, 5.74) is 5.59. The first-order valence-corrected chi connectivity index (χ1v) is 6.91. The van der Waals surface area contributed by atoms with Crippen LogP contribution < -0.4 is 11.1 Å². The molecule has 3 nitrogen and oxygen atoms in total. The Morgan fingerprint density at radius 2 is 2.00 bits per heavy atom. The molecule has 98 valence electrons. The maximum absolute atomic E-state index is 11.9. The third kappa shape index (κ3) is 2.65. The fourth-order valence-electron chi connectivity index (χ4n) is 3.25. The number of nitrogens with one attached hydrogen (secondary N) is 1. The van der Waals surface area contributed by atoms with Crippen molar-refractivity contribution in [2.45, 2.75) is 58.4 Å². The number of carbonyl (C=O) groups excluding carboxylic acids is 1. The van der Waals surface area contributed by atoms with Gasteiger partial charge < -0.3 is 11.1 Å². The summed E-state index contributed by atoms with van der Waals surface area (Å²) in [6.07, 6.45) is 5.66. The van der Waals surface area contributed by atoms with Gasteiger partial charge in [-0.05, 0) is 55.9 Å². The molecular formula is C14H26N2O. The standard InChI is InChI=1S/C14H26N2O/c1-10-8-13(2,3)6-7-14(10,12(15)17)16-9-11-4-5-11/h10-11,16H,4-9H2,1-3H3,(H2,15,17). The normalized spacial score (nSPS) is 36.8. The maximum Gasteiger partial charge on any atom is 0.238 e. The Morgan fingerprint density at radius 1 is 1.35 bits per heavy atom. The van der Waals surface area contributed by atoms with Crippen molar-refractivity contribution in [2.24, 2.45) is 23.0 Å². The Kier molecular flexibility index (Phi) is 3.23. The molecule has 0 aliphatic heterocycles. The fourth-order valence-corrected chi connectivity index (χ4v) is 3.25. The van der Waals surface area contributed by atoms with Gasteiger partial charge in [-0.2, -0.15) is 0 Å². The van der Waals surface area contributed by atoms with Crippen LogP contribution in [0, 0.1) is 17.3 Å². The number of carbonyl (C=O) groups is 1. The minimum Gasteiger partial charge on any atom is -0.368 e. The number of rotatable bonds is 4. The van der Waals surface area contributed by atoms with Gasteiger partial charge >= 0.3 is 0 Å². The van der Waals surface area contributed by atoms with Gasteiger partial charge in [-0.25, -0.2) is 0 Å². The second-order valence-electron chi connectivity index (χ2n) is 6.93. The van der Waals surface area contributed by atoms with Gasteiger partial charge in [0.1, 0.15) is 5.54 Å². The molecule has 0 spiro atoms. The van der Waals surface area contributed by atoms with E-state index in [1.54, 1.807) is 0 Å². The summed E-state index contributed by atoms with van der Waals surface area (Å²) < 4.78 is 0. The summed E-state index contributed by atoms with van der Waals surface area (Å²) in [5.74, 6) is 0.969. The van der Waals surface area contributed by atoms with Crippen LogP contribution in [0.4, 0.5) is 0 Å². The van der Waals surface area contributed by atoms with E-state index in [0.717, 1.165) is 31.7 Å². The van der Waals surface area contributed by atoms with E-state index >= 15 is 0 Å². The van der Waals surface area contributed by atoms with Crippen LogP contribution in [0.5, 0.6) is 0 Å². The molecule has 0 radical (unpaired) electrons. The summed E-state index contributed by atoms with van der Waals surface area (Å²) in [4.78, 5) is 11.9. The molecule has 0 aromatic rings. The SMILES string of the molecule is CC1CC(C)(C)CCC1(NCC1CC1)C(N)=O. The van der Waals surface area contributed by atoms with Crippen LogP contribution in [0.1, 0.15) is 52.9 Å². The van der Waals surface area contributed by atoms with Crippen LogP contribution in [0.3, 0.4) is 0 Å². The highest BCUT2D eigenvalue weighted by Gasteiger charge is 2.48. The zero-order valence-corrected chi connectivity index (χ0v) is 11.4. The Bertz CT molecular complexity index is 305. The highest BCUT2D eigenvalue weighted by molar-refractivity contribution is 5.85. The minimum absolute atomic E-state index is 0.152. The van der Waals surface area contributed by atoms with Crippen molar-refractivity contribution in [3.05, 3.63) is 0 Å². The van der Waals surface area contributed by atoms with E-state index in [-0.39, 0.29) is 5.91 Å². The van der Waals surface area contributed by atoms with Gasteiger partial charge in [0.15, 0.2) is 0 Å². The number of amides is 1. The molecule has 2 rings (SSSR count). The first-order chi connectivity index (χ1) is 7.86. The van der Waals surface area contributed by atoms with Gasteiger partial charge in [0.25, 0.3) is 0 Å². The molecule has 2 aliphatic carbocycles. The molecule has 2 unspecified atom stereocenters. The zero-order chi connectivity index (χ0) is 12.7. The van der Waals surface area contributed by atoms with E-state index in [0.29, 0.717) is 11.3 Å². The van der Waals surface area contributed by atoms with Crippen LogP contribution in [-0.4, -0.2) is 18.0 Å². The van der Waals surface area contributed by atoms with Gasteiger partial charge in [-0.3, -0.25) is 4.79 Å². The van der Waals surface area contributed by atoms with E-state index in [2.05, 4.69) is 26.1 Å². The van der Waals surface area contributed by atoms with Crippen LogP contribution >= 0.6 is 0 Å². The van der Waals surface area contributed by atoms with Crippen LogP contribution in [-0.2, 0) is 4.79 Å². The molecule has 2 atom stereocenters. The van der Waals surface area contributed by atoms with Crippen molar-refractivity contribution in [2.75, 3.05) is 6.54 Å². The smallest absolute Gasteiger partial charge is 0.238 e. The second kappa shape index (κ2) is 4.27. The molecule has 0 aromatic heterocycles. The zero-order valence-electron chi connectivity index (χ0n) is 11.4. The highest BCUT2D eigenvalue weighted by Crippen LogP contribution is 2.44. The van der Waals surface area contributed by atoms with Crippen molar-refractivity contribution < 1.29 is 4.79 Å². The van der Waals surface area contributed by atoms with Crippen LogP contribution in [0.2, 0.25) is 0 Å². The number of primary amides is 1. The molecule has 3 N–H and O–H groups in total. The van der Waals surface area contributed by atoms with Gasteiger partial charge in [0.05, 0.1) is 0 Å². The molecule has 2 aliphatic rings. The molecule has 0 aromatic carbocycles. The van der Waals surface area contributed by atoms with E-state index in [1.807, 2.05) is 0 Å². The Morgan fingerprint density at radius 3 is 2.47 bits per heavy atom. The minimum atomic E-state index is -0.446. The highest BCUT2D eigenvalue weighted by atomic mass is 16.1. The summed E-state index contributed by atoms with van der Waals surface area (Å²) in [6, 6.07) is 0. The van der Waals surface area contributed by atoms with Crippen molar-refractivity contribution in [1.29, 1.82) is 0 Å². The first-order valence-electron chi connectivity index (χ1n) is 6.91. The molecule has 0 heterocycles. The van der Waals surface area contributed by atoms with E-state index < -0.39 is 5.54 Å². The molecular weight excluding hydrogens is 212 g/mol. The lowest BCUT2D eigenvalue weighted by Gasteiger charge is -2.47. The third-order valence-corrected chi connectivity index (χ3v) is 4.74.